The molecule has 108 valence electrons. The Morgan fingerprint density at radius 2 is 2.20 bits per heavy atom. The summed E-state index contributed by atoms with van der Waals surface area (Å²) in [6.07, 6.45) is 4.72. The minimum absolute atomic E-state index is 0.168. The molecule has 4 nitrogen and oxygen atoms in total. The van der Waals surface area contributed by atoms with Crippen LogP contribution >= 0.6 is 0 Å². The van der Waals surface area contributed by atoms with Crippen LogP contribution in [0, 0.1) is 5.82 Å². The topological polar surface area (TPSA) is 47.0 Å². The van der Waals surface area contributed by atoms with Gasteiger partial charge in [-0.15, -0.1) is 0 Å². The molecule has 20 heavy (non-hydrogen) atoms. The fraction of sp³-hybridized carbons (Fsp3) is 0.467. The number of hydrogen-bond donors (Lipinski definition) is 1. The lowest BCUT2D eigenvalue weighted by Crippen LogP contribution is -2.25. The molecular weight excluding hydrogens is 257 g/mol. The van der Waals surface area contributed by atoms with Crippen LogP contribution < -0.4 is 5.32 Å². The lowest BCUT2D eigenvalue weighted by molar-refractivity contribution is 0.182. The van der Waals surface area contributed by atoms with Crippen LogP contribution in [0.2, 0.25) is 0 Å². The fourth-order valence-corrected chi connectivity index (χ4v) is 2.19. The molecule has 1 heterocycles. The monoisotopic (exact) mass is 277 g/mol. The minimum Gasteiger partial charge on any atom is -0.383 e. The van der Waals surface area contributed by atoms with Crippen LogP contribution in [0.5, 0.6) is 0 Å². The molecule has 2 rings (SSSR count). The maximum atomic E-state index is 13.4. The number of anilines is 1. The maximum absolute atomic E-state index is 13.4. The van der Waals surface area contributed by atoms with Crippen LogP contribution in [-0.2, 0) is 4.74 Å². The van der Waals surface area contributed by atoms with Gasteiger partial charge in [-0.25, -0.2) is 14.4 Å². The summed E-state index contributed by atoms with van der Waals surface area (Å²) in [7, 11) is 1.68. The van der Waals surface area contributed by atoms with Crippen molar-refractivity contribution in [3.8, 4) is 0 Å². The molecule has 0 amide bonds. The van der Waals surface area contributed by atoms with E-state index < -0.39 is 0 Å². The van der Waals surface area contributed by atoms with Gasteiger partial charge in [0.25, 0.3) is 0 Å². The molecule has 0 aliphatic carbocycles. The summed E-state index contributed by atoms with van der Waals surface area (Å²) in [6.45, 7) is 2.75. The molecule has 1 atom stereocenters. The lowest BCUT2D eigenvalue weighted by atomic mass is 10.1. The Bertz CT molecular complexity index is 562. The predicted octanol–water partition coefficient (Wildman–Crippen LogP) is 3.39. The fourth-order valence-electron chi connectivity index (χ4n) is 2.19. The molecule has 1 unspecified atom stereocenters. The third-order valence-corrected chi connectivity index (χ3v) is 3.21. The Kier molecular flexibility index (Phi) is 5.24. The van der Waals surface area contributed by atoms with Crippen molar-refractivity contribution in [3.63, 3.8) is 0 Å². The van der Waals surface area contributed by atoms with Crippen molar-refractivity contribution in [1.82, 2.24) is 9.97 Å². The van der Waals surface area contributed by atoms with Gasteiger partial charge in [-0.05, 0) is 24.6 Å². The number of unbranched alkanes of at least 4 members (excludes halogenated alkanes) is 1. The number of nitrogens with zero attached hydrogens (tertiary/aromatic N) is 2. The molecule has 0 bridgehead atoms. The van der Waals surface area contributed by atoms with E-state index >= 15 is 0 Å². The predicted molar refractivity (Wildman–Crippen MR) is 78.3 cm³/mol. The number of hydrogen-bond acceptors (Lipinski definition) is 4. The summed E-state index contributed by atoms with van der Waals surface area (Å²) in [5.74, 6) is 0.375. The van der Waals surface area contributed by atoms with E-state index in [1.54, 1.807) is 13.2 Å². The van der Waals surface area contributed by atoms with Crippen molar-refractivity contribution in [2.75, 3.05) is 19.0 Å². The van der Waals surface area contributed by atoms with E-state index in [9.17, 15) is 4.39 Å². The SMILES string of the molecule is CCCCC(COC)Nc1ncnc2ccc(F)cc12. The highest BCUT2D eigenvalue weighted by atomic mass is 19.1. The van der Waals surface area contributed by atoms with Crippen LogP contribution in [0.25, 0.3) is 10.9 Å². The molecule has 0 saturated carbocycles. The molecular formula is C15H20FN3O. The highest BCUT2D eigenvalue weighted by Gasteiger charge is 2.11. The first-order valence-electron chi connectivity index (χ1n) is 6.90. The van der Waals surface area contributed by atoms with E-state index in [-0.39, 0.29) is 11.9 Å². The summed E-state index contributed by atoms with van der Waals surface area (Å²) in [4.78, 5) is 8.38. The summed E-state index contributed by atoms with van der Waals surface area (Å²) >= 11 is 0. The first kappa shape index (κ1) is 14.7. The largest absolute Gasteiger partial charge is 0.383 e. The molecule has 0 fully saturated rings. The van der Waals surface area contributed by atoms with Gasteiger partial charge in [0.15, 0.2) is 0 Å². The zero-order valence-corrected chi connectivity index (χ0v) is 11.9. The summed E-state index contributed by atoms with van der Waals surface area (Å²) in [6, 6.07) is 4.69. The second-order valence-corrected chi connectivity index (χ2v) is 4.82. The lowest BCUT2D eigenvalue weighted by Gasteiger charge is -2.19. The standard InChI is InChI=1S/C15H20FN3O/c1-3-4-5-12(9-20-2)19-15-13-8-11(16)6-7-14(13)17-10-18-15/h6-8,10,12H,3-5,9H2,1-2H3,(H,17,18,19). The van der Waals surface area contributed by atoms with Crippen molar-refractivity contribution in [1.29, 1.82) is 0 Å². The van der Waals surface area contributed by atoms with Crippen molar-refractivity contribution < 1.29 is 9.13 Å². The van der Waals surface area contributed by atoms with Crippen LogP contribution in [0.1, 0.15) is 26.2 Å². The molecule has 0 aliphatic rings. The molecule has 5 heteroatoms. The second kappa shape index (κ2) is 7.14. The van der Waals surface area contributed by atoms with Gasteiger partial charge in [-0.1, -0.05) is 19.8 Å². The number of halogens is 1. The zero-order valence-electron chi connectivity index (χ0n) is 11.9. The Balaban J connectivity index is 2.24. The number of methoxy groups -OCH3 is 1. The summed E-state index contributed by atoms with van der Waals surface area (Å²) in [5.41, 5.74) is 0.732. The van der Waals surface area contributed by atoms with E-state index in [2.05, 4.69) is 22.2 Å². The normalized spacial score (nSPS) is 12.6. The Hall–Kier alpha value is -1.75. The quantitative estimate of drug-likeness (QED) is 0.842. The average molecular weight is 277 g/mol. The van der Waals surface area contributed by atoms with Crippen molar-refractivity contribution in [2.24, 2.45) is 0 Å². The summed E-state index contributed by atoms with van der Waals surface area (Å²) < 4.78 is 18.6. The third kappa shape index (κ3) is 3.63. The smallest absolute Gasteiger partial charge is 0.137 e. The van der Waals surface area contributed by atoms with Gasteiger partial charge < -0.3 is 10.1 Å². The highest BCUT2D eigenvalue weighted by Crippen LogP contribution is 2.21. The molecule has 2 aromatic rings. The first-order chi connectivity index (χ1) is 9.74. The zero-order chi connectivity index (χ0) is 14.4. The van der Waals surface area contributed by atoms with E-state index in [1.807, 2.05) is 0 Å². The average Bonchev–Trinajstić information content (AvgIpc) is 2.45. The van der Waals surface area contributed by atoms with Gasteiger partial charge in [0.05, 0.1) is 18.2 Å². The van der Waals surface area contributed by atoms with Gasteiger partial charge in [-0.2, -0.15) is 0 Å². The molecule has 1 N–H and O–H groups in total. The molecule has 0 aliphatic heterocycles. The van der Waals surface area contributed by atoms with E-state index in [4.69, 9.17) is 4.74 Å². The summed E-state index contributed by atoms with van der Waals surface area (Å²) in [5, 5.41) is 4.04. The van der Waals surface area contributed by atoms with Crippen LogP contribution in [0.3, 0.4) is 0 Å². The number of rotatable bonds is 7. The number of benzene rings is 1. The highest BCUT2D eigenvalue weighted by molar-refractivity contribution is 5.88. The van der Waals surface area contributed by atoms with Gasteiger partial charge in [0, 0.05) is 12.5 Å². The van der Waals surface area contributed by atoms with Crippen LogP contribution in [-0.4, -0.2) is 29.7 Å². The second-order valence-electron chi connectivity index (χ2n) is 4.82. The Labute approximate surface area is 118 Å². The van der Waals surface area contributed by atoms with Crippen LogP contribution in [0.4, 0.5) is 10.2 Å². The number of ether oxygens (including phenoxy) is 1. The van der Waals surface area contributed by atoms with Gasteiger partial charge >= 0.3 is 0 Å². The minimum atomic E-state index is -0.285. The molecule has 0 spiro atoms. The third-order valence-electron chi connectivity index (χ3n) is 3.21. The van der Waals surface area contributed by atoms with Crippen molar-refractivity contribution in [3.05, 3.63) is 30.3 Å². The van der Waals surface area contributed by atoms with E-state index in [0.717, 1.165) is 24.8 Å². The molecule has 1 aromatic heterocycles. The molecule has 1 aromatic carbocycles. The Morgan fingerprint density at radius 1 is 1.35 bits per heavy atom. The van der Waals surface area contributed by atoms with Gasteiger partial charge in [0.1, 0.15) is 18.0 Å². The molecule has 0 radical (unpaired) electrons. The molecule has 0 saturated heterocycles. The van der Waals surface area contributed by atoms with Crippen molar-refractivity contribution >= 4 is 16.7 Å². The van der Waals surface area contributed by atoms with Crippen molar-refractivity contribution in [2.45, 2.75) is 32.2 Å². The number of nitrogens with one attached hydrogen (secondary N) is 1. The number of fused-ring (bicyclic) bond motifs is 1. The van der Waals surface area contributed by atoms with E-state index in [0.29, 0.717) is 17.8 Å². The van der Waals surface area contributed by atoms with Gasteiger partial charge in [0.2, 0.25) is 0 Å². The van der Waals surface area contributed by atoms with Gasteiger partial charge in [-0.3, -0.25) is 0 Å². The van der Waals surface area contributed by atoms with Crippen LogP contribution in [0.15, 0.2) is 24.5 Å². The first-order valence-corrected chi connectivity index (χ1v) is 6.90. The maximum Gasteiger partial charge on any atom is 0.137 e. The van der Waals surface area contributed by atoms with E-state index in [1.165, 1.54) is 18.5 Å². The Morgan fingerprint density at radius 3 is 2.95 bits per heavy atom. The number of aromatic nitrogens is 2.